The Labute approximate surface area is 142 Å². The van der Waals surface area contributed by atoms with Gasteiger partial charge in [-0.1, -0.05) is 50.1 Å². The van der Waals surface area contributed by atoms with Gasteiger partial charge in [-0.3, -0.25) is 4.79 Å². The molecule has 0 bridgehead atoms. The summed E-state index contributed by atoms with van der Waals surface area (Å²) in [6.07, 6.45) is 3.86. The number of aromatic nitrogens is 1. The van der Waals surface area contributed by atoms with Gasteiger partial charge in [0, 0.05) is 19.0 Å². The van der Waals surface area contributed by atoms with Crippen molar-refractivity contribution in [3.8, 4) is 0 Å². The number of benzene rings is 1. The van der Waals surface area contributed by atoms with E-state index in [-0.39, 0.29) is 11.9 Å². The molecule has 1 aromatic heterocycles. The van der Waals surface area contributed by atoms with Crippen molar-refractivity contribution in [2.24, 2.45) is 5.73 Å². The smallest absolute Gasteiger partial charge is 0.263 e. The molecular weight excluding hydrogens is 306 g/mol. The summed E-state index contributed by atoms with van der Waals surface area (Å²) >= 11 is 1.47. The van der Waals surface area contributed by atoms with Gasteiger partial charge in [-0.15, -0.1) is 11.3 Å². The minimum Gasteiger partial charge on any atom is -0.347 e. The molecule has 1 heterocycles. The van der Waals surface area contributed by atoms with E-state index in [1.807, 2.05) is 25.1 Å². The van der Waals surface area contributed by atoms with Crippen LogP contribution in [0.3, 0.4) is 0 Å². The fraction of sp³-hybridized carbons (Fsp3) is 0.444. The number of rotatable bonds is 8. The van der Waals surface area contributed by atoms with Gasteiger partial charge in [-0.25, -0.2) is 4.98 Å². The monoisotopic (exact) mass is 331 g/mol. The SMILES string of the molecule is CCCCC(CN)NC(=O)c1sc(Cc2ccccc2)nc1C. The Morgan fingerprint density at radius 3 is 2.74 bits per heavy atom. The van der Waals surface area contributed by atoms with E-state index in [9.17, 15) is 4.79 Å². The fourth-order valence-corrected chi connectivity index (χ4v) is 3.46. The van der Waals surface area contributed by atoms with Gasteiger partial charge in [-0.2, -0.15) is 0 Å². The lowest BCUT2D eigenvalue weighted by Crippen LogP contribution is -2.40. The Kier molecular flexibility index (Phi) is 6.74. The lowest BCUT2D eigenvalue weighted by Gasteiger charge is -2.15. The summed E-state index contributed by atoms with van der Waals surface area (Å²) in [4.78, 5) is 17.7. The topological polar surface area (TPSA) is 68.0 Å². The molecule has 0 spiro atoms. The second-order valence-corrected chi connectivity index (χ2v) is 6.82. The van der Waals surface area contributed by atoms with Crippen molar-refractivity contribution in [2.45, 2.75) is 45.6 Å². The maximum absolute atomic E-state index is 12.5. The maximum atomic E-state index is 12.5. The summed E-state index contributed by atoms with van der Waals surface area (Å²) < 4.78 is 0. The predicted molar refractivity (Wildman–Crippen MR) is 95.9 cm³/mol. The van der Waals surface area contributed by atoms with E-state index in [0.717, 1.165) is 36.4 Å². The first-order valence-electron chi connectivity index (χ1n) is 8.15. The van der Waals surface area contributed by atoms with Gasteiger partial charge in [0.25, 0.3) is 5.91 Å². The van der Waals surface area contributed by atoms with E-state index in [1.54, 1.807) is 0 Å². The molecule has 1 unspecified atom stereocenters. The van der Waals surface area contributed by atoms with Crippen molar-refractivity contribution in [1.29, 1.82) is 0 Å². The number of nitrogens with one attached hydrogen (secondary N) is 1. The molecular formula is C18H25N3OS. The number of nitrogens with zero attached hydrogens (tertiary/aromatic N) is 1. The van der Waals surface area contributed by atoms with Crippen molar-refractivity contribution in [3.63, 3.8) is 0 Å². The molecule has 4 nitrogen and oxygen atoms in total. The third kappa shape index (κ3) is 5.15. The molecule has 0 aliphatic heterocycles. The van der Waals surface area contributed by atoms with Crippen LogP contribution in [0.15, 0.2) is 30.3 Å². The van der Waals surface area contributed by atoms with E-state index in [2.05, 4.69) is 29.4 Å². The zero-order chi connectivity index (χ0) is 16.7. The summed E-state index contributed by atoms with van der Waals surface area (Å²) in [5.41, 5.74) is 7.76. The van der Waals surface area contributed by atoms with Crippen LogP contribution in [0.2, 0.25) is 0 Å². The largest absolute Gasteiger partial charge is 0.347 e. The number of aryl methyl sites for hydroxylation is 1. The Balaban J connectivity index is 2.03. The minimum atomic E-state index is -0.0501. The molecule has 0 radical (unpaired) electrons. The van der Waals surface area contributed by atoms with Crippen LogP contribution in [-0.4, -0.2) is 23.5 Å². The van der Waals surface area contributed by atoms with Crippen LogP contribution < -0.4 is 11.1 Å². The van der Waals surface area contributed by atoms with Gasteiger partial charge in [0.1, 0.15) is 4.88 Å². The Morgan fingerprint density at radius 2 is 2.09 bits per heavy atom. The molecule has 0 fully saturated rings. The van der Waals surface area contributed by atoms with Gasteiger partial charge in [-0.05, 0) is 18.9 Å². The molecule has 0 saturated heterocycles. The molecule has 1 amide bonds. The predicted octanol–water partition coefficient (Wildman–Crippen LogP) is 3.29. The second-order valence-electron chi connectivity index (χ2n) is 5.73. The summed E-state index contributed by atoms with van der Waals surface area (Å²) in [7, 11) is 0. The van der Waals surface area contributed by atoms with E-state index in [0.29, 0.717) is 11.4 Å². The summed E-state index contributed by atoms with van der Waals surface area (Å²) in [6.45, 7) is 4.50. The average molecular weight is 331 g/mol. The summed E-state index contributed by atoms with van der Waals surface area (Å²) in [6, 6.07) is 10.2. The zero-order valence-electron chi connectivity index (χ0n) is 13.8. The molecule has 2 rings (SSSR count). The van der Waals surface area contributed by atoms with Gasteiger partial charge < -0.3 is 11.1 Å². The first kappa shape index (κ1) is 17.6. The molecule has 2 aromatic rings. The highest BCUT2D eigenvalue weighted by Crippen LogP contribution is 2.21. The fourth-order valence-electron chi connectivity index (χ4n) is 2.46. The van der Waals surface area contributed by atoms with Crippen LogP contribution in [0.1, 0.15) is 52.1 Å². The lowest BCUT2D eigenvalue weighted by molar-refractivity contribution is 0.0939. The molecule has 0 aliphatic carbocycles. The van der Waals surface area contributed by atoms with Crippen LogP contribution in [-0.2, 0) is 6.42 Å². The first-order valence-corrected chi connectivity index (χ1v) is 8.96. The van der Waals surface area contributed by atoms with Crippen LogP contribution in [0.5, 0.6) is 0 Å². The third-order valence-corrected chi connectivity index (χ3v) is 4.93. The number of carbonyl (C=O) groups excluding carboxylic acids is 1. The summed E-state index contributed by atoms with van der Waals surface area (Å²) in [5.74, 6) is -0.0501. The zero-order valence-corrected chi connectivity index (χ0v) is 14.7. The average Bonchev–Trinajstić information content (AvgIpc) is 2.92. The molecule has 23 heavy (non-hydrogen) atoms. The number of unbranched alkanes of at least 4 members (excludes halogenated alkanes) is 1. The van der Waals surface area contributed by atoms with Gasteiger partial charge >= 0.3 is 0 Å². The Bertz CT molecular complexity index is 624. The molecule has 124 valence electrons. The number of thiazole rings is 1. The van der Waals surface area contributed by atoms with Crippen LogP contribution >= 0.6 is 11.3 Å². The standard InChI is InChI=1S/C18H25N3OS/c1-3-4-10-15(12-19)21-18(22)17-13(2)20-16(23-17)11-14-8-6-5-7-9-14/h5-9,15H,3-4,10-12,19H2,1-2H3,(H,21,22). The van der Waals surface area contributed by atoms with Crippen molar-refractivity contribution in [2.75, 3.05) is 6.54 Å². The van der Waals surface area contributed by atoms with E-state index in [1.165, 1.54) is 16.9 Å². The Hall–Kier alpha value is -1.72. The summed E-state index contributed by atoms with van der Waals surface area (Å²) in [5, 5.41) is 4.01. The van der Waals surface area contributed by atoms with Crippen LogP contribution in [0.25, 0.3) is 0 Å². The van der Waals surface area contributed by atoms with Gasteiger partial charge in [0.2, 0.25) is 0 Å². The third-order valence-electron chi connectivity index (χ3n) is 3.77. The Morgan fingerprint density at radius 1 is 1.35 bits per heavy atom. The van der Waals surface area contributed by atoms with Crippen molar-refractivity contribution in [3.05, 3.63) is 51.5 Å². The van der Waals surface area contributed by atoms with E-state index in [4.69, 9.17) is 5.73 Å². The molecule has 3 N–H and O–H groups in total. The quantitative estimate of drug-likeness (QED) is 0.780. The second kappa shape index (κ2) is 8.79. The maximum Gasteiger partial charge on any atom is 0.263 e. The number of nitrogens with two attached hydrogens (primary N) is 1. The highest BCUT2D eigenvalue weighted by Gasteiger charge is 2.18. The molecule has 0 aliphatic rings. The van der Waals surface area contributed by atoms with E-state index < -0.39 is 0 Å². The lowest BCUT2D eigenvalue weighted by atomic mass is 10.1. The first-order chi connectivity index (χ1) is 11.1. The van der Waals surface area contributed by atoms with Crippen molar-refractivity contribution < 1.29 is 4.79 Å². The van der Waals surface area contributed by atoms with Gasteiger partial charge in [0.15, 0.2) is 0 Å². The number of carbonyl (C=O) groups is 1. The van der Waals surface area contributed by atoms with Crippen LogP contribution in [0, 0.1) is 6.92 Å². The highest BCUT2D eigenvalue weighted by atomic mass is 32.1. The number of hydrogen-bond donors (Lipinski definition) is 2. The van der Waals surface area contributed by atoms with Crippen LogP contribution in [0.4, 0.5) is 0 Å². The van der Waals surface area contributed by atoms with Crippen molar-refractivity contribution >= 4 is 17.2 Å². The minimum absolute atomic E-state index is 0.0431. The van der Waals surface area contributed by atoms with E-state index >= 15 is 0 Å². The van der Waals surface area contributed by atoms with Crippen molar-refractivity contribution in [1.82, 2.24) is 10.3 Å². The van der Waals surface area contributed by atoms with Gasteiger partial charge in [0.05, 0.1) is 10.7 Å². The molecule has 0 saturated carbocycles. The molecule has 1 atom stereocenters. The molecule has 5 heteroatoms. The number of amides is 1. The number of hydrogen-bond acceptors (Lipinski definition) is 4. The normalized spacial score (nSPS) is 12.1. The molecule has 1 aromatic carbocycles. The highest BCUT2D eigenvalue weighted by molar-refractivity contribution is 7.13.